The van der Waals surface area contributed by atoms with E-state index in [9.17, 15) is 4.79 Å². The minimum atomic E-state index is -0.919. The van der Waals surface area contributed by atoms with Crippen LogP contribution in [0, 0.1) is 0 Å². The van der Waals surface area contributed by atoms with Crippen LogP contribution in [-0.2, 0) is 4.79 Å². The molecule has 19 heavy (non-hydrogen) atoms. The van der Waals surface area contributed by atoms with Crippen LogP contribution in [0.25, 0.3) is 16.7 Å². The highest BCUT2D eigenvalue weighted by atomic mass is 16.4. The maximum atomic E-state index is 10.7. The summed E-state index contributed by atoms with van der Waals surface area (Å²) in [6, 6.07) is 7.72. The standard InChI is InChI=1S/C15H14N2O2/c1-2-11(7-15(18)19)12-3-5-13(6-4-12)14-8-16-10-17-9-14/h3-10H,2H2,1H3,(H,18,19)/b11-7+. The second-order valence-electron chi connectivity index (χ2n) is 4.07. The number of carboxylic acids is 1. The van der Waals surface area contributed by atoms with Gasteiger partial charge in [0, 0.05) is 24.0 Å². The summed E-state index contributed by atoms with van der Waals surface area (Å²) in [6.07, 6.45) is 6.91. The lowest BCUT2D eigenvalue weighted by atomic mass is 10.00. The van der Waals surface area contributed by atoms with E-state index in [0.717, 1.165) is 22.3 Å². The van der Waals surface area contributed by atoms with Gasteiger partial charge in [-0.25, -0.2) is 14.8 Å². The number of hydrogen-bond donors (Lipinski definition) is 1. The number of hydrogen-bond acceptors (Lipinski definition) is 3. The van der Waals surface area contributed by atoms with E-state index in [1.165, 1.54) is 12.4 Å². The molecular weight excluding hydrogens is 240 g/mol. The Morgan fingerprint density at radius 1 is 1.16 bits per heavy atom. The molecule has 4 heteroatoms. The van der Waals surface area contributed by atoms with Crippen LogP contribution in [0.15, 0.2) is 49.1 Å². The Balaban J connectivity index is 2.31. The van der Waals surface area contributed by atoms with E-state index < -0.39 is 5.97 Å². The summed E-state index contributed by atoms with van der Waals surface area (Å²) in [6.45, 7) is 1.94. The normalized spacial score (nSPS) is 11.3. The summed E-state index contributed by atoms with van der Waals surface area (Å²) in [5.74, 6) is -0.919. The lowest BCUT2D eigenvalue weighted by Crippen LogP contribution is -1.92. The minimum absolute atomic E-state index is 0.681. The van der Waals surface area contributed by atoms with E-state index >= 15 is 0 Å². The first kappa shape index (κ1) is 13.0. The van der Waals surface area contributed by atoms with Gasteiger partial charge in [0.2, 0.25) is 0 Å². The van der Waals surface area contributed by atoms with Crippen molar-refractivity contribution in [2.45, 2.75) is 13.3 Å². The van der Waals surface area contributed by atoms with Crippen molar-refractivity contribution < 1.29 is 9.90 Å². The number of rotatable bonds is 4. The molecule has 1 N–H and O–H groups in total. The summed E-state index contributed by atoms with van der Waals surface area (Å²) in [7, 11) is 0. The maximum absolute atomic E-state index is 10.7. The number of benzene rings is 1. The van der Waals surface area contributed by atoms with Crippen molar-refractivity contribution in [3.05, 3.63) is 54.6 Å². The zero-order valence-electron chi connectivity index (χ0n) is 10.6. The molecule has 0 aliphatic carbocycles. The smallest absolute Gasteiger partial charge is 0.328 e. The number of carbonyl (C=O) groups is 1. The fourth-order valence-corrected chi connectivity index (χ4v) is 1.86. The summed E-state index contributed by atoms with van der Waals surface area (Å²) < 4.78 is 0. The zero-order valence-corrected chi connectivity index (χ0v) is 10.6. The van der Waals surface area contributed by atoms with Gasteiger partial charge in [-0.3, -0.25) is 0 Å². The van der Waals surface area contributed by atoms with Crippen LogP contribution in [0.1, 0.15) is 18.9 Å². The lowest BCUT2D eigenvalue weighted by molar-refractivity contribution is -0.131. The van der Waals surface area contributed by atoms with E-state index in [2.05, 4.69) is 9.97 Å². The first-order valence-corrected chi connectivity index (χ1v) is 6.00. The van der Waals surface area contributed by atoms with Crippen LogP contribution in [0.4, 0.5) is 0 Å². The fraction of sp³-hybridized carbons (Fsp3) is 0.133. The molecule has 0 spiro atoms. The molecule has 0 fully saturated rings. The first-order chi connectivity index (χ1) is 9.20. The molecule has 2 rings (SSSR count). The zero-order chi connectivity index (χ0) is 13.7. The Bertz CT molecular complexity index is 589. The molecule has 0 atom stereocenters. The quantitative estimate of drug-likeness (QED) is 0.852. The number of allylic oxidation sites excluding steroid dienone is 1. The number of aliphatic carboxylic acids is 1. The largest absolute Gasteiger partial charge is 0.478 e. The van der Waals surface area contributed by atoms with Crippen LogP contribution in [0.2, 0.25) is 0 Å². The van der Waals surface area contributed by atoms with Gasteiger partial charge < -0.3 is 5.11 Å². The second-order valence-corrected chi connectivity index (χ2v) is 4.07. The van der Waals surface area contributed by atoms with Crippen molar-refractivity contribution in [3.63, 3.8) is 0 Å². The van der Waals surface area contributed by atoms with Gasteiger partial charge in [0.15, 0.2) is 0 Å². The highest BCUT2D eigenvalue weighted by Crippen LogP contribution is 2.22. The summed E-state index contributed by atoms with van der Waals surface area (Å²) in [5.41, 5.74) is 3.68. The summed E-state index contributed by atoms with van der Waals surface area (Å²) in [5, 5.41) is 8.82. The first-order valence-electron chi connectivity index (χ1n) is 6.00. The molecule has 96 valence electrons. The molecule has 0 bridgehead atoms. The van der Waals surface area contributed by atoms with Gasteiger partial charge in [-0.1, -0.05) is 31.2 Å². The molecular formula is C15H14N2O2. The van der Waals surface area contributed by atoms with E-state index in [0.29, 0.717) is 6.42 Å². The van der Waals surface area contributed by atoms with E-state index in [1.54, 1.807) is 12.4 Å². The Labute approximate surface area is 111 Å². The molecule has 0 saturated heterocycles. The molecule has 0 aliphatic heterocycles. The second kappa shape index (κ2) is 5.91. The van der Waals surface area contributed by atoms with Crippen molar-refractivity contribution in [3.8, 4) is 11.1 Å². The van der Waals surface area contributed by atoms with Crippen LogP contribution in [0.3, 0.4) is 0 Å². The van der Waals surface area contributed by atoms with Crippen LogP contribution in [0.5, 0.6) is 0 Å². The summed E-state index contributed by atoms with van der Waals surface area (Å²) in [4.78, 5) is 18.7. The van der Waals surface area contributed by atoms with E-state index in [-0.39, 0.29) is 0 Å². The van der Waals surface area contributed by atoms with Gasteiger partial charge in [0.05, 0.1) is 0 Å². The Morgan fingerprint density at radius 2 is 1.79 bits per heavy atom. The Hall–Kier alpha value is -2.49. The predicted octanol–water partition coefficient (Wildman–Crippen LogP) is 3.02. The van der Waals surface area contributed by atoms with Crippen molar-refractivity contribution in [2.75, 3.05) is 0 Å². The highest BCUT2D eigenvalue weighted by Gasteiger charge is 2.03. The van der Waals surface area contributed by atoms with Gasteiger partial charge in [-0.15, -0.1) is 0 Å². The lowest BCUT2D eigenvalue weighted by Gasteiger charge is -2.06. The van der Waals surface area contributed by atoms with Crippen molar-refractivity contribution >= 4 is 11.5 Å². The minimum Gasteiger partial charge on any atom is -0.478 e. The Kier molecular flexibility index (Phi) is 4.03. The molecule has 0 radical (unpaired) electrons. The van der Waals surface area contributed by atoms with Gasteiger partial charge in [-0.05, 0) is 23.1 Å². The Morgan fingerprint density at radius 3 is 2.32 bits per heavy atom. The summed E-state index contributed by atoms with van der Waals surface area (Å²) >= 11 is 0. The molecule has 1 aromatic carbocycles. The van der Waals surface area contributed by atoms with E-state index in [4.69, 9.17) is 5.11 Å². The van der Waals surface area contributed by atoms with Gasteiger partial charge in [-0.2, -0.15) is 0 Å². The number of aromatic nitrogens is 2. The van der Waals surface area contributed by atoms with Crippen molar-refractivity contribution in [1.29, 1.82) is 0 Å². The van der Waals surface area contributed by atoms with Gasteiger partial charge in [0.1, 0.15) is 6.33 Å². The number of nitrogens with zero attached hydrogens (tertiary/aromatic N) is 2. The fourth-order valence-electron chi connectivity index (χ4n) is 1.86. The molecule has 0 unspecified atom stereocenters. The van der Waals surface area contributed by atoms with Crippen LogP contribution < -0.4 is 0 Å². The molecule has 0 amide bonds. The SMILES string of the molecule is CC/C(=C\C(=O)O)c1ccc(-c2cncnc2)cc1. The third-order valence-electron chi connectivity index (χ3n) is 2.83. The third kappa shape index (κ3) is 3.25. The maximum Gasteiger partial charge on any atom is 0.328 e. The topological polar surface area (TPSA) is 63.1 Å². The predicted molar refractivity (Wildman–Crippen MR) is 73.4 cm³/mol. The average molecular weight is 254 g/mol. The molecule has 0 aliphatic rings. The number of carboxylic acid groups (broad SMARTS) is 1. The van der Waals surface area contributed by atoms with Gasteiger partial charge in [0.25, 0.3) is 0 Å². The highest BCUT2D eigenvalue weighted by molar-refractivity contribution is 5.90. The van der Waals surface area contributed by atoms with Crippen LogP contribution in [-0.4, -0.2) is 21.0 Å². The molecule has 1 aromatic heterocycles. The molecule has 2 aromatic rings. The van der Waals surface area contributed by atoms with Crippen LogP contribution >= 0.6 is 0 Å². The average Bonchev–Trinajstić information content (AvgIpc) is 2.46. The molecule has 1 heterocycles. The molecule has 4 nitrogen and oxygen atoms in total. The monoisotopic (exact) mass is 254 g/mol. The van der Waals surface area contributed by atoms with Gasteiger partial charge >= 0.3 is 5.97 Å². The van der Waals surface area contributed by atoms with Crippen molar-refractivity contribution in [1.82, 2.24) is 9.97 Å². The van der Waals surface area contributed by atoms with Crippen molar-refractivity contribution in [2.24, 2.45) is 0 Å². The van der Waals surface area contributed by atoms with E-state index in [1.807, 2.05) is 31.2 Å². The third-order valence-corrected chi connectivity index (χ3v) is 2.83. The molecule has 0 saturated carbocycles.